The summed E-state index contributed by atoms with van der Waals surface area (Å²) >= 11 is 3.29. The van der Waals surface area contributed by atoms with Crippen LogP contribution in [0.1, 0.15) is 11.1 Å². The van der Waals surface area contributed by atoms with E-state index in [1.165, 1.54) is 12.1 Å². The van der Waals surface area contributed by atoms with E-state index in [1.54, 1.807) is 7.11 Å². The molecule has 0 amide bonds. The molecule has 0 bridgehead atoms. The molecule has 0 fully saturated rings. The second-order valence-electron chi connectivity index (χ2n) is 5.09. The summed E-state index contributed by atoms with van der Waals surface area (Å²) in [4.78, 5) is 0. The largest absolute Gasteiger partial charge is 0.497 e. The van der Waals surface area contributed by atoms with Crippen molar-refractivity contribution in [3.8, 4) is 5.75 Å². The van der Waals surface area contributed by atoms with Gasteiger partial charge >= 0.3 is 0 Å². The molecule has 21 heavy (non-hydrogen) atoms. The summed E-state index contributed by atoms with van der Waals surface area (Å²) in [6, 6.07) is 12.6. The Labute approximate surface area is 132 Å². The average Bonchev–Trinajstić information content (AvgIpc) is 2.45. The average molecular weight is 353 g/mol. The van der Waals surface area contributed by atoms with Crippen LogP contribution in [0, 0.1) is 11.7 Å². The molecule has 0 aromatic heterocycles. The lowest BCUT2D eigenvalue weighted by Crippen LogP contribution is -2.13. The van der Waals surface area contributed by atoms with E-state index in [1.807, 2.05) is 30.3 Å². The smallest absolute Gasteiger partial charge is 0.124 e. The van der Waals surface area contributed by atoms with Gasteiger partial charge < -0.3 is 9.84 Å². The molecule has 0 heterocycles. The molecule has 0 aliphatic rings. The van der Waals surface area contributed by atoms with Gasteiger partial charge in [-0.2, -0.15) is 0 Å². The first-order valence-electron chi connectivity index (χ1n) is 6.79. The third-order valence-electron chi connectivity index (χ3n) is 3.36. The van der Waals surface area contributed by atoms with E-state index in [-0.39, 0.29) is 18.3 Å². The Hall–Kier alpha value is -1.39. The van der Waals surface area contributed by atoms with Gasteiger partial charge in [0.15, 0.2) is 0 Å². The fourth-order valence-electron chi connectivity index (χ4n) is 2.40. The van der Waals surface area contributed by atoms with Crippen molar-refractivity contribution < 1.29 is 14.2 Å². The predicted molar refractivity (Wildman–Crippen MR) is 85.1 cm³/mol. The number of ether oxygens (including phenoxy) is 1. The monoisotopic (exact) mass is 352 g/mol. The molecule has 112 valence electrons. The molecule has 0 saturated heterocycles. The zero-order valence-corrected chi connectivity index (χ0v) is 13.4. The van der Waals surface area contributed by atoms with E-state index in [4.69, 9.17) is 4.74 Å². The lowest BCUT2D eigenvalue weighted by atomic mass is 9.93. The number of aliphatic hydroxyl groups excluding tert-OH is 1. The SMILES string of the molecule is COc1cccc(CC(CO)Cc2cc(F)cc(Br)c2)c1. The summed E-state index contributed by atoms with van der Waals surface area (Å²) in [5, 5.41) is 9.58. The zero-order chi connectivity index (χ0) is 15.2. The van der Waals surface area contributed by atoms with Gasteiger partial charge in [-0.05, 0) is 60.2 Å². The van der Waals surface area contributed by atoms with Crippen molar-refractivity contribution in [1.82, 2.24) is 0 Å². The van der Waals surface area contributed by atoms with Crippen molar-refractivity contribution in [1.29, 1.82) is 0 Å². The normalized spacial score (nSPS) is 12.2. The van der Waals surface area contributed by atoms with Crippen LogP contribution in [0.15, 0.2) is 46.9 Å². The minimum Gasteiger partial charge on any atom is -0.497 e. The molecule has 1 unspecified atom stereocenters. The van der Waals surface area contributed by atoms with Crippen molar-refractivity contribution in [2.24, 2.45) is 5.92 Å². The fourth-order valence-corrected chi connectivity index (χ4v) is 2.91. The summed E-state index contributed by atoms with van der Waals surface area (Å²) in [5.41, 5.74) is 1.98. The molecule has 1 N–H and O–H groups in total. The van der Waals surface area contributed by atoms with E-state index in [2.05, 4.69) is 15.9 Å². The Balaban J connectivity index is 2.08. The Morgan fingerprint density at radius 2 is 1.90 bits per heavy atom. The fraction of sp³-hybridized carbons (Fsp3) is 0.294. The molecule has 2 aromatic carbocycles. The van der Waals surface area contributed by atoms with Gasteiger partial charge in [0.2, 0.25) is 0 Å². The van der Waals surface area contributed by atoms with Crippen LogP contribution >= 0.6 is 15.9 Å². The number of methoxy groups -OCH3 is 1. The molecule has 4 heteroatoms. The number of hydrogen-bond acceptors (Lipinski definition) is 2. The molecule has 2 aromatic rings. The van der Waals surface area contributed by atoms with Crippen LogP contribution in [-0.4, -0.2) is 18.8 Å². The highest BCUT2D eigenvalue weighted by atomic mass is 79.9. The molecule has 1 atom stereocenters. The Bertz CT molecular complexity index is 581. The van der Waals surface area contributed by atoms with Gasteiger partial charge in [-0.3, -0.25) is 0 Å². The summed E-state index contributed by atoms with van der Waals surface area (Å²) < 4.78 is 19.3. The lowest BCUT2D eigenvalue weighted by molar-refractivity contribution is 0.225. The van der Waals surface area contributed by atoms with Crippen LogP contribution in [0.25, 0.3) is 0 Å². The van der Waals surface area contributed by atoms with Crippen molar-refractivity contribution in [2.75, 3.05) is 13.7 Å². The van der Waals surface area contributed by atoms with Crippen LogP contribution < -0.4 is 4.74 Å². The molecule has 2 rings (SSSR count). The van der Waals surface area contributed by atoms with Gasteiger partial charge in [-0.1, -0.05) is 28.1 Å². The van der Waals surface area contributed by atoms with E-state index >= 15 is 0 Å². The molecule has 2 nitrogen and oxygen atoms in total. The van der Waals surface area contributed by atoms with Gasteiger partial charge in [0, 0.05) is 11.1 Å². The Morgan fingerprint density at radius 1 is 1.14 bits per heavy atom. The number of hydrogen-bond donors (Lipinski definition) is 1. The van der Waals surface area contributed by atoms with E-state index in [0.717, 1.165) is 27.8 Å². The summed E-state index contributed by atoms with van der Waals surface area (Å²) in [5.74, 6) is 0.584. The molecule has 0 saturated carbocycles. The first-order chi connectivity index (χ1) is 10.1. The Kier molecular flexibility index (Phi) is 5.76. The number of rotatable bonds is 6. The molecule has 0 aliphatic carbocycles. The van der Waals surface area contributed by atoms with E-state index in [0.29, 0.717) is 6.42 Å². The highest BCUT2D eigenvalue weighted by Gasteiger charge is 2.11. The van der Waals surface area contributed by atoms with Crippen LogP contribution in [-0.2, 0) is 12.8 Å². The third kappa shape index (κ3) is 4.83. The van der Waals surface area contributed by atoms with Gasteiger partial charge in [-0.25, -0.2) is 4.39 Å². The first kappa shape index (κ1) is 16.0. The summed E-state index contributed by atoms with van der Waals surface area (Å²) in [6.07, 6.45) is 1.35. The van der Waals surface area contributed by atoms with Crippen LogP contribution in [0.5, 0.6) is 5.75 Å². The minimum absolute atomic E-state index is 0.0470. The molecule has 0 radical (unpaired) electrons. The lowest BCUT2D eigenvalue weighted by Gasteiger charge is -2.15. The van der Waals surface area contributed by atoms with Crippen LogP contribution in [0.2, 0.25) is 0 Å². The molecular weight excluding hydrogens is 335 g/mol. The van der Waals surface area contributed by atoms with Crippen molar-refractivity contribution in [3.05, 3.63) is 63.9 Å². The highest BCUT2D eigenvalue weighted by molar-refractivity contribution is 9.10. The second-order valence-corrected chi connectivity index (χ2v) is 6.00. The number of aliphatic hydroxyl groups is 1. The third-order valence-corrected chi connectivity index (χ3v) is 3.82. The summed E-state index contributed by atoms with van der Waals surface area (Å²) in [6.45, 7) is 0.0609. The maximum absolute atomic E-state index is 13.4. The van der Waals surface area contributed by atoms with Gasteiger partial charge in [0.05, 0.1) is 7.11 Å². The quantitative estimate of drug-likeness (QED) is 0.851. The first-order valence-corrected chi connectivity index (χ1v) is 7.58. The van der Waals surface area contributed by atoms with E-state index in [9.17, 15) is 9.50 Å². The Morgan fingerprint density at radius 3 is 2.57 bits per heavy atom. The van der Waals surface area contributed by atoms with Crippen molar-refractivity contribution in [3.63, 3.8) is 0 Å². The van der Waals surface area contributed by atoms with E-state index < -0.39 is 0 Å². The highest BCUT2D eigenvalue weighted by Crippen LogP contribution is 2.21. The number of halogens is 2. The minimum atomic E-state index is -0.266. The standard InChI is InChI=1S/C17H18BrFO2/c1-21-17-4-2-3-12(9-17)5-14(11-20)6-13-7-15(18)10-16(19)8-13/h2-4,7-10,14,20H,5-6,11H2,1H3. The van der Waals surface area contributed by atoms with Gasteiger partial charge in [0.25, 0.3) is 0 Å². The van der Waals surface area contributed by atoms with Crippen LogP contribution in [0.3, 0.4) is 0 Å². The zero-order valence-electron chi connectivity index (χ0n) is 11.9. The van der Waals surface area contributed by atoms with Gasteiger partial charge in [0.1, 0.15) is 11.6 Å². The molecule has 0 spiro atoms. The van der Waals surface area contributed by atoms with Crippen molar-refractivity contribution >= 4 is 15.9 Å². The maximum Gasteiger partial charge on any atom is 0.124 e. The molecule has 0 aliphatic heterocycles. The molecular formula is C17H18BrFO2. The van der Waals surface area contributed by atoms with Crippen molar-refractivity contribution in [2.45, 2.75) is 12.8 Å². The predicted octanol–water partition coefficient (Wildman–Crippen LogP) is 3.99. The topological polar surface area (TPSA) is 29.5 Å². The number of benzene rings is 2. The second kappa shape index (κ2) is 7.57. The summed E-state index contributed by atoms with van der Waals surface area (Å²) in [7, 11) is 1.63. The van der Waals surface area contributed by atoms with Gasteiger partial charge in [-0.15, -0.1) is 0 Å². The van der Waals surface area contributed by atoms with Crippen LogP contribution in [0.4, 0.5) is 4.39 Å². The maximum atomic E-state index is 13.4.